The first-order valence-electron chi connectivity index (χ1n) is 6.16. The average molecular weight is 261 g/mol. The third-order valence-electron chi connectivity index (χ3n) is 3.07. The summed E-state index contributed by atoms with van der Waals surface area (Å²) in [6, 6.07) is 2.57. The minimum Gasteiger partial charge on any atom is -0.277 e. The topological polar surface area (TPSA) is 79.4 Å². The van der Waals surface area contributed by atoms with Gasteiger partial charge in [0.25, 0.3) is 0 Å². The smallest absolute Gasteiger partial charge is 0.277 e. The highest BCUT2D eigenvalue weighted by molar-refractivity contribution is 6.27. The fourth-order valence-electron chi connectivity index (χ4n) is 2.10. The molecule has 2 heterocycles. The lowest BCUT2D eigenvalue weighted by atomic mass is 9.99. The molecule has 0 radical (unpaired) electrons. The number of imide groups is 2. The largest absolute Gasteiger partial charge is 0.335 e. The Bertz CT molecular complexity index is 542. The molecule has 0 aromatic carbocycles. The maximum absolute atomic E-state index is 12.3. The lowest BCUT2D eigenvalue weighted by Gasteiger charge is -2.30. The summed E-state index contributed by atoms with van der Waals surface area (Å²) in [7, 11) is 0. The van der Waals surface area contributed by atoms with Crippen molar-refractivity contribution in [3.8, 4) is 0 Å². The molecule has 1 aromatic rings. The molecule has 4 amide bonds. The lowest BCUT2D eigenvalue weighted by Crippen LogP contribution is -2.58. The molecule has 6 heteroatoms. The fourth-order valence-corrected chi connectivity index (χ4v) is 2.10. The Hall–Kier alpha value is -2.24. The van der Waals surface area contributed by atoms with Gasteiger partial charge < -0.3 is 0 Å². The Morgan fingerprint density at radius 3 is 2.74 bits per heavy atom. The van der Waals surface area contributed by atoms with Crippen LogP contribution in [-0.4, -0.2) is 22.8 Å². The van der Waals surface area contributed by atoms with Crippen LogP contribution in [0, 0.1) is 12.8 Å². The van der Waals surface area contributed by atoms with Gasteiger partial charge in [-0.3, -0.25) is 19.9 Å². The molecule has 1 saturated heterocycles. The predicted octanol–water partition coefficient (Wildman–Crippen LogP) is 1.39. The van der Waals surface area contributed by atoms with Crippen LogP contribution in [0.15, 0.2) is 18.3 Å². The zero-order chi connectivity index (χ0) is 14.0. The predicted molar refractivity (Wildman–Crippen MR) is 68.4 cm³/mol. The van der Waals surface area contributed by atoms with Crippen molar-refractivity contribution in [2.45, 2.75) is 26.7 Å². The number of barbiturate groups is 1. The number of carbonyl (C=O) groups is 3. The van der Waals surface area contributed by atoms with Gasteiger partial charge in [0.05, 0.1) is 11.4 Å². The van der Waals surface area contributed by atoms with Crippen LogP contribution in [0.1, 0.15) is 25.5 Å². The van der Waals surface area contributed by atoms with Crippen LogP contribution in [0.3, 0.4) is 0 Å². The van der Waals surface area contributed by atoms with E-state index in [0.29, 0.717) is 24.2 Å². The molecule has 1 unspecified atom stereocenters. The molecule has 0 spiro atoms. The third-order valence-corrected chi connectivity index (χ3v) is 3.07. The van der Waals surface area contributed by atoms with Crippen molar-refractivity contribution in [1.29, 1.82) is 0 Å². The fraction of sp³-hybridized carbons (Fsp3) is 0.385. The number of carbonyl (C=O) groups excluding carboxylic acids is 3. The molecule has 1 atom stereocenters. The summed E-state index contributed by atoms with van der Waals surface area (Å²) in [5, 5.41) is 2.22. The van der Waals surface area contributed by atoms with Gasteiger partial charge in [0.1, 0.15) is 5.92 Å². The van der Waals surface area contributed by atoms with E-state index >= 15 is 0 Å². The van der Waals surface area contributed by atoms with Gasteiger partial charge >= 0.3 is 6.03 Å². The molecule has 0 bridgehead atoms. The van der Waals surface area contributed by atoms with E-state index in [9.17, 15) is 14.4 Å². The summed E-state index contributed by atoms with van der Waals surface area (Å²) in [6.45, 7) is 3.60. The Kier molecular flexibility index (Phi) is 3.59. The molecule has 6 nitrogen and oxygen atoms in total. The number of nitrogens with zero attached hydrogens (tertiary/aromatic N) is 2. The number of hydrogen-bond donors (Lipinski definition) is 1. The Morgan fingerprint density at radius 2 is 2.11 bits per heavy atom. The average Bonchev–Trinajstić information content (AvgIpc) is 2.36. The first kappa shape index (κ1) is 13.2. The summed E-state index contributed by atoms with van der Waals surface area (Å²) in [6.07, 6.45) is 2.70. The normalized spacial score (nSPS) is 19.6. The molecule has 1 aliphatic heterocycles. The highest BCUT2D eigenvalue weighted by Gasteiger charge is 2.41. The number of nitrogens with one attached hydrogen (secondary N) is 1. The molecule has 1 aromatic heterocycles. The summed E-state index contributed by atoms with van der Waals surface area (Å²) in [5.74, 6) is -1.80. The summed E-state index contributed by atoms with van der Waals surface area (Å²) >= 11 is 0. The van der Waals surface area contributed by atoms with Crippen molar-refractivity contribution in [2.24, 2.45) is 5.92 Å². The van der Waals surface area contributed by atoms with Crippen molar-refractivity contribution in [2.75, 3.05) is 4.90 Å². The van der Waals surface area contributed by atoms with Crippen LogP contribution in [0.25, 0.3) is 0 Å². The van der Waals surface area contributed by atoms with E-state index in [2.05, 4.69) is 10.3 Å². The number of aromatic nitrogens is 1. The number of rotatable bonds is 3. The van der Waals surface area contributed by atoms with Crippen molar-refractivity contribution in [3.05, 3.63) is 24.0 Å². The van der Waals surface area contributed by atoms with Crippen molar-refractivity contribution < 1.29 is 14.4 Å². The monoisotopic (exact) mass is 261 g/mol. The van der Waals surface area contributed by atoms with Crippen LogP contribution >= 0.6 is 0 Å². The van der Waals surface area contributed by atoms with E-state index in [0.717, 1.165) is 4.90 Å². The Morgan fingerprint density at radius 1 is 1.37 bits per heavy atom. The van der Waals surface area contributed by atoms with Crippen molar-refractivity contribution in [3.63, 3.8) is 0 Å². The van der Waals surface area contributed by atoms with Gasteiger partial charge in [0.15, 0.2) is 0 Å². The van der Waals surface area contributed by atoms with Crippen LogP contribution in [-0.2, 0) is 9.59 Å². The van der Waals surface area contributed by atoms with Gasteiger partial charge in [0, 0.05) is 6.20 Å². The zero-order valence-electron chi connectivity index (χ0n) is 10.8. The molecule has 100 valence electrons. The van der Waals surface area contributed by atoms with Crippen LogP contribution in [0.5, 0.6) is 0 Å². The van der Waals surface area contributed by atoms with Gasteiger partial charge in [-0.05, 0) is 25.5 Å². The Balaban J connectivity index is 2.39. The molecular formula is C13H15N3O3. The second-order valence-electron chi connectivity index (χ2n) is 4.42. The lowest BCUT2D eigenvalue weighted by molar-refractivity contribution is -0.134. The SMILES string of the molecule is CCCC1C(=O)NC(=O)N(c2cccnc2C)C1=O. The summed E-state index contributed by atoms with van der Waals surface area (Å²) in [4.78, 5) is 40.9. The molecule has 1 N–H and O–H groups in total. The minimum absolute atomic E-state index is 0.415. The van der Waals surface area contributed by atoms with E-state index in [1.807, 2.05) is 6.92 Å². The molecular weight excluding hydrogens is 246 g/mol. The summed E-state index contributed by atoms with van der Waals surface area (Å²) in [5.41, 5.74) is 0.981. The van der Waals surface area contributed by atoms with Gasteiger partial charge in [-0.2, -0.15) is 0 Å². The Labute approximate surface area is 110 Å². The minimum atomic E-state index is -0.803. The van der Waals surface area contributed by atoms with Crippen molar-refractivity contribution >= 4 is 23.5 Å². The van der Waals surface area contributed by atoms with Crippen LogP contribution < -0.4 is 10.2 Å². The first-order valence-corrected chi connectivity index (χ1v) is 6.16. The van der Waals surface area contributed by atoms with Crippen molar-refractivity contribution in [1.82, 2.24) is 10.3 Å². The number of hydrogen-bond acceptors (Lipinski definition) is 4. The van der Waals surface area contributed by atoms with Gasteiger partial charge in [-0.25, -0.2) is 9.69 Å². The molecule has 0 saturated carbocycles. The maximum Gasteiger partial charge on any atom is 0.335 e. The number of anilines is 1. The second-order valence-corrected chi connectivity index (χ2v) is 4.42. The van der Waals surface area contributed by atoms with E-state index in [-0.39, 0.29) is 0 Å². The molecule has 2 rings (SSSR count). The number of pyridine rings is 1. The highest BCUT2D eigenvalue weighted by atomic mass is 16.2. The van der Waals surface area contributed by atoms with E-state index < -0.39 is 23.8 Å². The standard InChI is InChI=1S/C13H15N3O3/c1-3-5-9-11(17)15-13(19)16(12(9)18)10-6-4-7-14-8(10)2/h4,6-7,9H,3,5H2,1-2H3,(H,15,17,19). The molecule has 1 aliphatic rings. The first-order chi connectivity index (χ1) is 9.06. The maximum atomic E-state index is 12.3. The third kappa shape index (κ3) is 2.33. The number of urea groups is 1. The van der Waals surface area contributed by atoms with E-state index in [1.165, 1.54) is 0 Å². The van der Waals surface area contributed by atoms with E-state index in [1.54, 1.807) is 25.3 Å². The van der Waals surface area contributed by atoms with Crippen LogP contribution in [0.2, 0.25) is 0 Å². The number of amides is 4. The van der Waals surface area contributed by atoms with Gasteiger partial charge in [-0.1, -0.05) is 13.3 Å². The van der Waals surface area contributed by atoms with E-state index in [4.69, 9.17) is 0 Å². The quantitative estimate of drug-likeness (QED) is 0.834. The highest BCUT2D eigenvalue weighted by Crippen LogP contribution is 2.24. The van der Waals surface area contributed by atoms with Gasteiger partial charge in [-0.15, -0.1) is 0 Å². The molecule has 1 fully saturated rings. The second kappa shape index (κ2) is 5.17. The summed E-state index contributed by atoms with van der Waals surface area (Å²) < 4.78 is 0. The molecule has 0 aliphatic carbocycles. The van der Waals surface area contributed by atoms with Crippen LogP contribution in [0.4, 0.5) is 10.5 Å². The van der Waals surface area contributed by atoms with Gasteiger partial charge in [0.2, 0.25) is 11.8 Å². The number of aryl methyl sites for hydroxylation is 1. The zero-order valence-corrected chi connectivity index (χ0v) is 10.8. The molecule has 19 heavy (non-hydrogen) atoms.